The highest BCUT2D eigenvalue weighted by Crippen LogP contribution is 2.28. The van der Waals surface area contributed by atoms with Crippen LogP contribution in [0.3, 0.4) is 0 Å². The Balaban J connectivity index is 1.31. The summed E-state index contributed by atoms with van der Waals surface area (Å²) in [5.41, 5.74) is 4.90. The lowest BCUT2D eigenvalue weighted by molar-refractivity contribution is 0.250. The molecule has 0 spiro atoms. The first kappa shape index (κ1) is 21.5. The molecule has 2 N–H and O–H groups in total. The number of aromatic amines is 1. The normalized spacial score (nSPS) is 14.8. The minimum absolute atomic E-state index is 0.185. The molecule has 8 nitrogen and oxygen atoms in total. The number of rotatable bonds is 4. The third-order valence-corrected chi connectivity index (χ3v) is 6.91. The Morgan fingerprint density at radius 3 is 2.70 bits per heavy atom. The molecule has 3 aromatic heterocycles. The number of piperazine rings is 1. The van der Waals surface area contributed by atoms with Crippen molar-refractivity contribution in [1.82, 2.24) is 24.4 Å². The molecule has 1 aliphatic heterocycles. The van der Waals surface area contributed by atoms with E-state index in [1.54, 1.807) is 7.05 Å². The summed E-state index contributed by atoms with van der Waals surface area (Å²) >= 11 is 5.42. The van der Waals surface area contributed by atoms with Crippen molar-refractivity contribution in [2.45, 2.75) is 13.5 Å². The molecule has 0 amide bonds. The van der Waals surface area contributed by atoms with Gasteiger partial charge in [0.05, 0.1) is 16.9 Å². The number of hydrogen-bond acceptors (Lipinski definition) is 7. The van der Waals surface area contributed by atoms with Gasteiger partial charge in [0, 0.05) is 63.8 Å². The van der Waals surface area contributed by atoms with Crippen molar-refractivity contribution in [3.8, 4) is 0 Å². The SMILES string of the molecule is CNc1nccc2cc(N3CCN(Cc4ccc5c(=S)n(C)c(=O)[nH]c5c4)CC3)c(C)nc12. The van der Waals surface area contributed by atoms with Crippen LogP contribution in [-0.2, 0) is 13.6 Å². The number of fused-ring (bicyclic) bond motifs is 2. The highest BCUT2D eigenvalue weighted by molar-refractivity contribution is 7.71. The van der Waals surface area contributed by atoms with Gasteiger partial charge in [0.1, 0.15) is 10.2 Å². The van der Waals surface area contributed by atoms with Gasteiger partial charge >= 0.3 is 5.69 Å². The molecule has 1 aromatic carbocycles. The first-order valence-corrected chi connectivity index (χ1v) is 11.5. The molecule has 0 atom stereocenters. The second kappa shape index (κ2) is 8.57. The van der Waals surface area contributed by atoms with Crippen LogP contribution in [0.25, 0.3) is 21.8 Å². The zero-order valence-electron chi connectivity index (χ0n) is 19.1. The van der Waals surface area contributed by atoms with Crippen LogP contribution < -0.4 is 15.9 Å². The van der Waals surface area contributed by atoms with Crippen LogP contribution in [0.5, 0.6) is 0 Å². The monoisotopic (exact) mass is 461 g/mol. The molecular weight excluding hydrogens is 434 g/mol. The predicted molar refractivity (Wildman–Crippen MR) is 136 cm³/mol. The number of nitrogens with zero attached hydrogens (tertiary/aromatic N) is 5. The summed E-state index contributed by atoms with van der Waals surface area (Å²) in [5, 5.41) is 5.12. The van der Waals surface area contributed by atoms with E-state index in [4.69, 9.17) is 17.2 Å². The first-order chi connectivity index (χ1) is 15.9. The molecule has 9 heteroatoms. The van der Waals surface area contributed by atoms with Crippen molar-refractivity contribution in [3.05, 3.63) is 62.9 Å². The van der Waals surface area contributed by atoms with Crippen LogP contribution in [0.15, 0.2) is 41.3 Å². The van der Waals surface area contributed by atoms with Gasteiger partial charge in [0.15, 0.2) is 5.82 Å². The topological polar surface area (TPSA) is 82.1 Å². The number of hydrogen-bond donors (Lipinski definition) is 2. The van der Waals surface area contributed by atoms with Crippen molar-refractivity contribution in [1.29, 1.82) is 0 Å². The lowest BCUT2D eigenvalue weighted by atomic mass is 10.1. The maximum absolute atomic E-state index is 12.1. The van der Waals surface area contributed by atoms with E-state index in [1.807, 2.05) is 31.4 Å². The van der Waals surface area contributed by atoms with Gasteiger partial charge in [-0.05, 0) is 36.8 Å². The van der Waals surface area contributed by atoms with Gasteiger partial charge in [-0.1, -0.05) is 18.3 Å². The highest BCUT2D eigenvalue weighted by Gasteiger charge is 2.20. The standard InChI is InChI=1S/C24H27N7OS/c1-15-20(13-17-6-7-26-22(25-2)21(17)27-15)31-10-8-30(9-11-31)14-16-4-5-18-19(12-16)28-24(32)29(3)23(18)33/h4-7,12-13H,8-11,14H2,1-3H3,(H,25,26)(H,28,32). The van der Waals surface area contributed by atoms with Crippen molar-refractivity contribution >= 4 is 45.5 Å². The molecule has 4 heterocycles. The van der Waals surface area contributed by atoms with Gasteiger partial charge in [0.2, 0.25) is 0 Å². The molecule has 1 aliphatic rings. The smallest absolute Gasteiger partial charge is 0.326 e. The van der Waals surface area contributed by atoms with E-state index in [0.29, 0.717) is 4.64 Å². The summed E-state index contributed by atoms with van der Waals surface area (Å²) in [6, 6.07) is 10.4. The number of benzene rings is 1. The number of aromatic nitrogens is 4. The van der Waals surface area contributed by atoms with Gasteiger partial charge in [-0.25, -0.2) is 14.8 Å². The van der Waals surface area contributed by atoms with Crippen molar-refractivity contribution in [2.75, 3.05) is 43.4 Å². The lowest BCUT2D eigenvalue weighted by Gasteiger charge is -2.36. The van der Waals surface area contributed by atoms with Crippen molar-refractivity contribution in [3.63, 3.8) is 0 Å². The van der Waals surface area contributed by atoms with Gasteiger partial charge in [-0.15, -0.1) is 0 Å². The summed E-state index contributed by atoms with van der Waals surface area (Å²) in [5.74, 6) is 0.806. The second-order valence-electron chi connectivity index (χ2n) is 8.51. The number of pyridine rings is 2. The quantitative estimate of drug-likeness (QED) is 0.452. The molecule has 0 aliphatic carbocycles. The minimum atomic E-state index is -0.185. The predicted octanol–water partition coefficient (Wildman–Crippen LogP) is 3.21. The first-order valence-electron chi connectivity index (χ1n) is 11.1. The maximum atomic E-state index is 12.1. The Hall–Kier alpha value is -3.30. The van der Waals surface area contributed by atoms with Gasteiger partial charge in [-0.2, -0.15) is 0 Å². The fourth-order valence-corrected chi connectivity index (χ4v) is 4.80. The number of H-pyrrole nitrogens is 1. The molecule has 4 aromatic rings. The molecule has 5 rings (SSSR count). The average molecular weight is 462 g/mol. The average Bonchev–Trinajstić information content (AvgIpc) is 2.82. The lowest BCUT2D eigenvalue weighted by Crippen LogP contribution is -2.46. The second-order valence-corrected chi connectivity index (χ2v) is 8.90. The van der Waals surface area contributed by atoms with Crippen LogP contribution >= 0.6 is 12.2 Å². The third-order valence-electron chi connectivity index (χ3n) is 6.42. The summed E-state index contributed by atoms with van der Waals surface area (Å²) in [6.07, 6.45) is 1.82. The highest BCUT2D eigenvalue weighted by atomic mass is 32.1. The van der Waals surface area contributed by atoms with Gasteiger partial charge in [0.25, 0.3) is 0 Å². The van der Waals surface area contributed by atoms with Gasteiger partial charge in [-0.3, -0.25) is 9.47 Å². The summed E-state index contributed by atoms with van der Waals surface area (Å²) in [7, 11) is 3.56. The van der Waals surface area contributed by atoms with Crippen LogP contribution in [0, 0.1) is 11.6 Å². The van der Waals surface area contributed by atoms with Crippen LogP contribution in [0.4, 0.5) is 11.5 Å². The van der Waals surface area contributed by atoms with Crippen molar-refractivity contribution in [2.24, 2.45) is 7.05 Å². The summed E-state index contributed by atoms with van der Waals surface area (Å²) in [6.45, 7) is 6.70. The van der Waals surface area contributed by atoms with Crippen LogP contribution in [0.2, 0.25) is 0 Å². The zero-order chi connectivity index (χ0) is 23.1. The zero-order valence-corrected chi connectivity index (χ0v) is 19.9. The van der Waals surface area contributed by atoms with Crippen LogP contribution in [0.1, 0.15) is 11.3 Å². The number of nitrogens with one attached hydrogen (secondary N) is 2. The van der Waals surface area contributed by atoms with E-state index in [2.05, 4.69) is 44.1 Å². The Morgan fingerprint density at radius 2 is 1.94 bits per heavy atom. The molecule has 1 saturated heterocycles. The Bertz CT molecular complexity index is 1470. The minimum Gasteiger partial charge on any atom is -0.371 e. The van der Waals surface area contributed by atoms with Crippen LogP contribution in [-0.4, -0.2) is 57.6 Å². The van der Waals surface area contributed by atoms with E-state index in [1.165, 1.54) is 15.8 Å². The number of anilines is 2. The molecule has 33 heavy (non-hydrogen) atoms. The molecule has 0 bridgehead atoms. The summed E-state index contributed by atoms with van der Waals surface area (Å²) < 4.78 is 2.03. The van der Waals surface area contributed by atoms with E-state index in [0.717, 1.165) is 66.0 Å². The maximum Gasteiger partial charge on any atom is 0.326 e. The Kier molecular flexibility index (Phi) is 5.59. The van der Waals surface area contributed by atoms with E-state index < -0.39 is 0 Å². The fraction of sp³-hybridized carbons (Fsp3) is 0.333. The molecule has 0 unspecified atom stereocenters. The summed E-state index contributed by atoms with van der Waals surface area (Å²) in [4.78, 5) is 29.1. The van der Waals surface area contributed by atoms with E-state index in [-0.39, 0.29) is 5.69 Å². The third kappa shape index (κ3) is 3.98. The molecule has 170 valence electrons. The van der Waals surface area contributed by atoms with E-state index >= 15 is 0 Å². The number of aryl methyl sites for hydroxylation is 1. The Morgan fingerprint density at radius 1 is 1.15 bits per heavy atom. The fourth-order valence-electron chi connectivity index (χ4n) is 4.54. The van der Waals surface area contributed by atoms with Crippen molar-refractivity contribution < 1.29 is 0 Å². The molecule has 1 fully saturated rings. The Labute approximate surface area is 196 Å². The molecule has 0 saturated carbocycles. The molecule has 0 radical (unpaired) electrons. The van der Waals surface area contributed by atoms with E-state index in [9.17, 15) is 4.79 Å². The molecular formula is C24H27N7OS. The van der Waals surface area contributed by atoms with Gasteiger partial charge < -0.3 is 15.2 Å². The largest absolute Gasteiger partial charge is 0.371 e.